The Kier molecular flexibility index (Phi) is 5.06. The summed E-state index contributed by atoms with van der Waals surface area (Å²) in [7, 11) is 0. The molecule has 0 radical (unpaired) electrons. The van der Waals surface area contributed by atoms with Crippen molar-refractivity contribution in [3.63, 3.8) is 0 Å². The lowest BCUT2D eigenvalue weighted by molar-refractivity contribution is -0.131. The lowest BCUT2D eigenvalue weighted by atomic mass is 9.80. The monoisotopic (exact) mass is 396 g/mol. The number of hydrogen-bond donors (Lipinski definition) is 1. The number of carbonyl (C=O) groups excluding carboxylic acids is 3. The predicted octanol–water partition coefficient (Wildman–Crippen LogP) is 4.06. The Hall–Kier alpha value is -2.47. The van der Waals surface area contributed by atoms with Crippen molar-refractivity contribution in [2.24, 2.45) is 0 Å². The number of amides is 3. The lowest BCUT2D eigenvalue weighted by Gasteiger charge is -2.31. The Bertz CT molecular complexity index is 918. The molecule has 146 valence electrons. The maximum absolute atomic E-state index is 13.2. The molecule has 1 spiro atoms. The highest BCUT2D eigenvalue weighted by molar-refractivity contribution is 7.10. The summed E-state index contributed by atoms with van der Waals surface area (Å²) < 4.78 is 0. The third kappa shape index (κ3) is 3.15. The molecule has 1 fully saturated rings. The molecule has 0 saturated carbocycles. The van der Waals surface area contributed by atoms with Gasteiger partial charge < -0.3 is 5.32 Å². The number of carbonyl (C=O) groups is 3. The van der Waals surface area contributed by atoms with Crippen LogP contribution in [0.25, 0.3) is 0 Å². The minimum Gasteiger partial charge on any atom is -0.319 e. The van der Waals surface area contributed by atoms with Crippen LogP contribution in [0.5, 0.6) is 0 Å². The van der Waals surface area contributed by atoms with Crippen LogP contribution >= 0.6 is 11.3 Å². The maximum Gasteiger partial charge on any atom is 0.325 e. The maximum atomic E-state index is 13.2. The number of Topliss-reactive ketones (excluding diaryl/α,β-unsaturated/α-hetero) is 1. The van der Waals surface area contributed by atoms with Gasteiger partial charge in [0.1, 0.15) is 5.54 Å². The predicted molar refractivity (Wildman–Crippen MR) is 109 cm³/mol. The van der Waals surface area contributed by atoms with Crippen LogP contribution in [0, 0.1) is 0 Å². The van der Waals surface area contributed by atoms with Crippen LogP contribution in [0.15, 0.2) is 35.7 Å². The van der Waals surface area contributed by atoms with Crippen molar-refractivity contribution in [3.8, 4) is 0 Å². The molecule has 4 rings (SSSR count). The Morgan fingerprint density at radius 3 is 2.75 bits per heavy atom. The largest absolute Gasteiger partial charge is 0.325 e. The van der Waals surface area contributed by atoms with Gasteiger partial charge in [0.25, 0.3) is 5.91 Å². The number of hydrogen-bond acceptors (Lipinski definition) is 4. The van der Waals surface area contributed by atoms with Crippen molar-refractivity contribution in [1.29, 1.82) is 0 Å². The fourth-order valence-electron chi connectivity index (χ4n) is 4.16. The summed E-state index contributed by atoms with van der Waals surface area (Å²) in [5, 5.41) is 4.86. The first-order valence-corrected chi connectivity index (χ1v) is 10.8. The third-order valence-electron chi connectivity index (χ3n) is 5.73. The number of ketones is 1. The van der Waals surface area contributed by atoms with Crippen molar-refractivity contribution in [2.75, 3.05) is 6.54 Å². The summed E-state index contributed by atoms with van der Waals surface area (Å²) in [4.78, 5) is 40.7. The zero-order valence-electron chi connectivity index (χ0n) is 16.0. The van der Waals surface area contributed by atoms with Crippen LogP contribution in [-0.2, 0) is 23.2 Å². The Labute approximate surface area is 168 Å². The van der Waals surface area contributed by atoms with Crippen molar-refractivity contribution in [2.45, 2.75) is 51.0 Å². The van der Waals surface area contributed by atoms with Gasteiger partial charge in [-0.1, -0.05) is 37.6 Å². The van der Waals surface area contributed by atoms with Crippen molar-refractivity contribution < 1.29 is 14.4 Å². The molecular formula is C22H24N2O3S. The number of rotatable bonds is 6. The van der Waals surface area contributed by atoms with Gasteiger partial charge in [0.2, 0.25) is 0 Å². The highest BCUT2D eigenvalue weighted by atomic mass is 32.1. The smallest absolute Gasteiger partial charge is 0.319 e. The zero-order chi connectivity index (χ0) is 19.7. The second kappa shape index (κ2) is 7.51. The van der Waals surface area contributed by atoms with E-state index in [9.17, 15) is 14.4 Å². The molecule has 1 atom stereocenters. The highest BCUT2D eigenvalue weighted by Gasteiger charge is 2.54. The van der Waals surface area contributed by atoms with E-state index in [0.29, 0.717) is 12.0 Å². The molecule has 5 nitrogen and oxygen atoms in total. The van der Waals surface area contributed by atoms with Gasteiger partial charge in [0.05, 0.1) is 6.54 Å². The molecule has 2 aromatic rings. The number of unbranched alkanes of at least 4 members (excludes halogenated alkanes) is 1. The van der Waals surface area contributed by atoms with E-state index in [1.54, 1.807) is 23.5 Å². The number of thiophene rings is 1. The summed E-state index contributed by atoms with van der Waals surface area (Å²) in [6.07, 6.45) is 5.59. The molecule has 1 aromatic carbocycles. The summed E-state index contributed by atoms with van der Waals surface area (Å²) >= 11 is 1.62. The minimum atomic E-state index is -0.991. The molecule has 0 unspecified atom stereocenters. The molecule has 1 aliphatic carbocycles. The van der Waals surface area contributed by atoms with Crippen LogP contribution in [0.2, 0.25) is 0 Å². The van der Waals surface area contributed by atoms with Crippen LogP contribution in [0.1, 0.15) is 59.0 Å². The number of aryl methyl sites for hydroxylation is 2. The van der Waals surface area contributed by atoms with Crippen LogP contribution in [0.4, 0.5) is 4.79 Å². The molecule has 6 heteroatoms. The molecule has 1 N–H and O–H groups in total. The number of imide groups is 1. The van der Waals surface area contributed by atoms with Crippen molar-refractivity contribution in [1.82, 2.24) is 10.2 Å². The van der Waals surface area contributed by atoms with E-state index in [1.807, 2.05) is 23.6 Å². The first-order chi connectivity index (χ1) is 13.5. The second-order valence-electron chi connectivity index (χ2n) is 7.56. The average Bonchev–Trinajstić information content (AvgIpc) is 3.27. The van der Waals surface area contributed by atoms with Crippen LogP contribution in [-0.4, -0.2) is 29.2 Å². The minimum absolute atomic E-state index is 0.219. The molecule has 1 aliphatic heterocycles. The summed E-state index contributed by atoms with van der Waals surface area (Å²) in [5.41, 5.74) is 1.63. The van der Waals surface area contributed by atoms with E-state index in [2.05, 4.69) is 12.2 Å². The topological polar surface area (TPSA) is 66.5 Å². The number of benzene rings is 1. The van der Waals surface area contributed by atoms with E-state index in [1.165, 1.54) is 5.56 Å². The van der Waals surface area contributed by atoms with Gasteiger partial charge >= 0.3 is 6.03 Å². The number of nitrogens with zero attached hydrogens (tertiary/aromatic N) is 1. The van der Waals surface area contributed by atoms with E-state index >= 15 is 0 Å². The van der Waals surface area contributed by atoms with E-state index < -0.39 is 11.6 Å². The molecule has 1 saturated heterocycles. The van der Waals surface area contributed by atoms with E-state index in [4.69, 9.17) is 0 Å². The van der Waals surface area contributed by atoms with Gasteiger partial charge in [-0.05, 0) is 49.1 Å². The molecule has 2 heterocycles. The molecular weight excluding hydrogens is 372 g/mol. The van der Waals surface area contributed by atoms with E-state index in [-0.39, 0.29) is 18.2 Å². The Morgan fingerprint density at radius 1 is 1.21 bits per heavy atom. The zero-order valence-corrected chi connectivity index (χ0v) is 16.8. The Morgan fingerprint density at radius 2 is 2.00 bits per heavy atom. The van der Waals surface area contributed by atoms with Gasteiger partial charge in [-0.3, -0.25) is 14.5 Å². The standard InChI is InChI=1S/C22H24N2O3S/c1-2-3-5-15-7-9-16(10-8-15)18(25)14-24-20(26)22(23-21(24)27)12-4-6-19-17(22)11-13-28-19/h7-11,13H,2-6,12,14H2,1H3,(H,23,27)/t22-/m1/s1. The van der Waals surface area contributed by atoms with Gasteiger partial charge in [0.15, 0.2) is 5.78 Å². The summed E-state index contributed by atoms with van der Waals surface area (Å²) in [6.45, 7) is 1.92. The summed E-state index contributed by atoms with van der Waals surface area (Å²) in [5.74, 6) is -0.520. The molecule has 0 bridgehead atoms. The molecule has 28 heavy (non-hydrogen) atoms. The lowest BCUT2D eigenvalue weighted by Crippen LogP contribution is -2.46. The molecule has 1 aromatic heterocycles. The quantitative estimate of drug-likeness (QED) is 0.592. The number of nitrogens with one attached hydrogen (secondary N) is 1. The Balaban J connectivity index is 1.51. The number of fused-ring (bicyclic) bond motifs is 2. The second-order valence-corrected chi connectivity index (χ2v) is 8.56. The third-order valence-corrected chi connectivity index (χ3v) is 6.71. The van der Waals surface area contributed by atoms with Crippen molar-refractivity contribution in [3.05, 3.63) is 57.3 Å². The first kappa shape index (κ1) is 18.9. The average molecular weight is 397 g/mol. The normalized spacial score (nSPS) is 21.1. The SMILES string of the molecule is CCCCc1ccc(C(=O)CN2C(=O)N[C@@]3(CCCc4sccc43)C2=O)cc1. The molecule has 2 aliphatic rings. The van der Waals surface area contributed by atoms with E-state index in [0.717, 1.165) is 47.4 Å². The first-order valence-electron chi connectivity index (χ1n) is 9.88. The highest BCUT2D eigenvalue weighted by Crippen LogP contribution is 2.42. The fourth-order valence-corrected chi connectivity index (χ4v) is 5.16. The van der Waals surface area contributed by atoms with Crippen LogP contribution < -0.4 is 5.32 Å². The fraction of sp³-hybridized carbons (Fsp3) is 0.409. The molecule has 3 amide bonds. The summed E-state index contributed by atoms with van der Waals surface area (Å²) in [6, 6.07) is 8.94. The van der Waals surface area contributed by atoms with Gasteiger partial charge in [-0.2, -0.15) is 0 Å². The number of urea groups is 1. The van der Waals surface area contributed by atoms with Gasteiger partial charge in [0, 0.05) is 16.0 Å². The van der Waals surface area contributed by atoms with Gasteiger partial charge in [-0.25, -0.2) is 4.79 Å². The van der Waals surface area contributed by atoms with Crippen LogP contribution in [0.3, 0.4) is 0 Å². The van der Waals surface area contributed by atoms with Gasteiger partial charge in [-0.15, -0.1) is 11.3 Å². The van der Waals surface area contributed by atoms with Crippen molar-refractivity contribution >= 4 is 29.1 Å².